The summed E-state index contributed by atoms with van der Waals surface area (Å²) in [5.74, 6) is 4.02. The van der Waals surface area contributed by atoms with Gasteiger partial charge in [0.05, 0.1) is 0 Å². The fourth-order valence-electron chi connectivity index (χ4n) is 8.43. The number of hydrogen-bond acceptors (Lipinski definition) is 2. The molecule has 2 heteroatoms. The van der Waals surface area contributed by atoms with Crippen LogP contribution in [0.5, 0.6) is 0 Å². The third-order valence-electron chi connectivity index (χ3n) is 9.71. The molecule has 1 spiro atoms. The van der Waals surface area contributed by atoms with Gasteiger partial charge in [-0.25, -0.2) is 0 Å². The van der Waals surface area contributed by atoms with Crippen molar-refractivity contribution in [3.8, 4) is 0 Å². The molecule has 4 aliphatic carbocycles. The molecular formula is C22H36N2. The van der Waals surface area contributed by atoms with Crippen LogP contribution in [0.1, 0.15) is 71.6 Å². The Morgan fingerprint density at radius 1 is 1.04 bits per heavy atom. The zero-order chi connectivity index (χ0) is 16.5. The minimum Gasteiger partial charge on any atom is -0.388 e. The van der Waals surface area contributed by atoms with Crippen LogP contribution in [-0.4, -0.2) is 19.6 Å². The minimum atomic E-state index is 0.580. The zero-order valence-electron chi connectivity index (χ0n) is 16.0. The second-order valence-corrected chi connectivity index (χ2v) is 10.1. The summed E-state index contributed by atoms with van der Waals surface area (Å²) in [5.41, 5.74) is 4.62. The van der Waals surface area contributed by atoms with Crippen molar-refractivity contribution in [1.82, 2.24) is 10.6 Å². The molecule has 5 rings (SSSR count). The number of nitrogens with one attached hydrogen (secondary N) is 2. The van der Waals surface area contributed by atoms with E-state index in [4.69, 9.17) is 0 Å². The van der Waals surface area contributed by atoms with Crippen LogP contribution in [0, 0.1) is 34.5 Å². The third-order valence-corrected chi connectivity index (χ3v) is 9.71. The maximum absolute atomic E-state index is 3.76. The predicted molar refractivity (Wildman–Crippen MR) is 99.6 cm³/mol. The van der Waals surface area contributed by atoms with Crippen LogP contribution in [0.25, 0.3) is 0 Å². The topological polar surface area (TPSA) is 24.1 Å². The Morgan fingerprint density at radius 2 is 1.92 bits per heavy atom. The van der Waals surface area contributed by atoms with Gasteiger partial charge >= 0.3 is 0 Å². The molecule has 7 atom stereocenters. The zero-order valence-corrected chi connectivity index (χ0v) is 16.0. The lowest BCUT2D eigenvalue weighted by atomic mass is 9.45. The van der Waals surface area contributed by atoms with E-state index in [2.05, 4.69) is 31.5 Å². The molecule has 1 aliphatic heterocycles. The van der Waals surface area contributed by atoms with Gasteiger partial charge in [0.1, 0.15) is 0 Å². The summed E-state index contributed by atoms with van der Waals surface area (Å²) in [6.45, 7) is 6.31. The van der Waals surface area contributed by atoms with Crippen molar-refractivity contribution in [2.45, 2.75) is 77.7 Å². The maximum Gasteiger partial charge on any atom is 0.0241 e. The molecule has 0 radical (unpaired) electrons. The quantitative estimate of drug-likeness (QED) is 0.742. The molecule has 2 N–H and O–H groups in total. The van der Waals surface area contributed by atoms with Gasteiger partial charge in [-0.05, 0) is 106 Å². The summed E-state index contributed by atoms with van der Waals surface area (Å²) in [5, 5.41) is 7.34. The molecule has 2 nitrogen and oxygen atoms in total. The Labute approximate surface area is 148 Å². The second-order valence-electron chi connectivity index (χ2n) is 10.1. The highest BCUT2D eigenvalue weighted by atomic mass is 15.0. The smallest absolute Gasteiger partial charge is 0.0241 e. The van der Waals surface area contributed by atoms with E-state index in [0.717, 1.165) is 29.7 Å². The van der Waals surface area contributed by atoms with Crippen LogP contribution in [0.4, 0.5) is 0 Å². The molecule has 0 unspecified atom stereocenters. The maximum atomic E-state index is 3.76. The van der Waals surface area contributed by atoms with Crippen LogP contribution >= 0.6 is 0 Å². The lowest BCUT2D eigenvalue weighted by Gasteiger charge is -2.60. The molecule has 0 amide bonds. The van der Waals surface area contributed by atoms with Crippen molar-refractivity contribution in [3.05, 3.63) is 11.3 Å². The molecule has 0 aromatic carbocycles. The fraction of sp³-hybridized carbons (Fsp3) is 0.909. The van der Waals surface area contributed by atoms with Crippen LogP contribution in [0.15, 0.2) is 11.3 Å². The number of allylic oxidation sites excluding steroid dienone is 1. The molecule has 0 bridgehead atoms. The summed E-state index contributed by atoms with van der Waals surface area (Å²) in [4.78, 5) is 0. The van der Waals surface area contributed by atoms with Gasteiger partial charge in [-0.15, -0.1) is 0 Å². The highest BCUT2D eigenvalue weighted by molar-refractivity contribution is 5.33. The first-order valence-corrected chi connectivity index (χ1v) is 10.7. The number of fused-ring (bicyclic) bond motifs is 4. The van der Waals surface area contributed by atoms with E-state index in [1.54, 1.807) is 5.70 Å². The predicted octanol–water partition coefficient (Wildman–Crippen LogP) is 4.47. The lowest BCUT2D eigenvalue weighted by molar-refractivity contribution is -0.103. The number of rotatable bonds is 1. The van der Waals surface area contributed by atoms with E-state index in [-0.39, 0.29) is 0 Å². The van der Waals surface area contributed by atoms with Crippen molar-refractivity contribution < 1.29 is 0 Å². The fourth-order valence-corrected chi connectivity index (χ4v) is 8.43. The monoisotopic (exact) mass is 328 g/mol. The van der Waals surface area contributed by atoms with Gasteiger partial charge in [0.2, 0.25) is 0 Å². The summed E-state index contributed by atoms with van der Waals surface area (Å²) in [6.07, 6.45) is 13.3. The van der Waals surface area contributed by atoms with E-state index in [0.29, 0.717) is 10.8 Å². The molecule has 0 saturated heterocycles. The Hall–Kier alpha value is -0.500. The summed E-state index contributed by atoms with van der Waals surface area (Å²) in [7, 11) is 2.17. The Bertz CT molecular complexity index is 566. The van der Waals surface area contributed by atoms with Gasteiger partial charge in [-0.2, -0.15) is 0 Å². The van der Waals surface area contributed by atoms with Crippen molar-refractivity contribution in [1.29, 1.82) is 0 Å². The van der Waals surface area contributed by atoms with Crippen molar-refractivity contribution in [2.75, 3.05) is 13.6 Å². The third kappa shape index (κ3) is 1.87. The van der Waals surface area contributed by atoms with Crippen LogP contribution in [0.3, 0.4) is 0 Å². The first-order chi connectivity index (χ1) is 11.6. The van der Waals surface area contributed by atoms with Crippen LogP contribution < -0.4 is 10.6 Å². The molecule has 0 aromatic rings. The van der Waals surface area contributed by atoms with Gasteiger partial charge < -0.3 is 10.6 Å². The minimum absolute atomic E-state index is 0.580. The van der Waals surface area contributed by atoms with E-state index in [1.165, 1.54) is 64.3 Å². The van der Waals surface area contributed by atoms with Gasteiger partial charge in [-0.1, -0.05) is 6.92 Å². The number of hydrogen-bond donors (Lipinski definition) is 2. The Kier molecular flexibility index (Phi) is 3.44. The summed E-state index contributed by atoms with van der Waals surface area (Å²) < 4.78 is 0. The molecule has 1 heterocycles. The van der Waals surface area contributed by atoms with Gasteiger partial charge in [0.15, 0.2) is 0 Å². The average Bonchev–Trinajstić information content (AvgIpc) is 3.12. The standard InChI is InChI=1S/C22H36N2/c1-14-18-6-7-20-17-5-4-15-12-16(23-3)8-10-21(15,2)19(17)9-11-22(18,20)13-24-14/h15-17,19-20,23-24H,4-13H2,1-3H3/t15-,16+,17-,19+,20+,21+,22-/m0/s1. The Balaban J connectivity index is 1.44. The SMILES string of the molecule is CN[C@@H]1CC[C@]2(C)[C@@H](CC[C@@H]3[C@H]4CCC5=C(C)NC[C@@]54CC[C@H]32)C1. The van der Waals surface area contributed by atoms with Gasteiger partial charge in [-0.3, -0.25) is 0 Å². The largest absolute Gasteiger partial charge is 0.388 e. The van der Waals surface area contributed by atoms with Crippen LogP contribution in [-0.2, 0) is 0 Å². The summed E-state index contributed by atoms with van der Waals surface area (Å²) >= 11 is 0. The Morgan fingerprint density at radius 3 is 2.75 bits per heavy atom. The molecule has 134 valence electrons. The van der Waals surface area contributed by atoms with Crippen molar-refractivity contribution in [3.63, 3.8) is 0 Å². The van der Waals surface area contributed by atoms with Gasteiger partial charge in [0.25, 0.3) is 0 Å². The molecular weight excluding hydrogens is 292 g/mol. The summed E-state index contributed by atoms with van der Waals surface area (Å²) in [6, 6.07) is 0.789. The normalized spacial score (nSPS) is 53.0. The second kappa shape index (κ2) is 5.25. The molecule has 24 heavy (non-hydrogen) atoms. The van der Waals surface area contributed by atoms with Crippen molar-refractivity contribution in [2.24, 2.45) is 34.5 Å². The van der Waals surface area contributed by atoms with Crippen LogP contribution in [0.2, 0.25) is 0 Å². The first-order valence-electron chi connectivity index (χ1n) is 10.7. The first kappa shape index (κ1) is 15.7. The highest BCUT2D eigenvalue weighted by Crippen LogP contribution is 2.68. The molecule has 4 fully saturated rings. The van der Waals surface area contributed by atoms with Gasteiger partial charge in [0, 0.05) is 23.7 Å². The molecule has 4 saturated carbocycles. The van der Waals surface area contributed by atoms with E-state index in [9.17, 15) is 0 Å². The molecule has 0 aromatic heterocycles. The average molecular weight is 329 g/mol. The van der Waals surface area contributed by atoms with E-state index >= 15 is 0 Å². The van der Waals surface area contributed by atoms with E-state index in [1.807, 2.05) is 5.57 Å². The lowest BCUT2D eigenvalue weighted by Crippen LogP contribution is -2.55. The van der Waals surface area contributed by atoms with Crippen molar-refractivity contribution >= 4 is 0 Å². The molecule has 5 aliphatic rings. The highest BCUT2D eigenvalue weighted by Gasteiger charge is 2.61. The van der Waals surface area contributed by atoms with E-state index < -0.39 is 0 Å².